The van der Waals surface area contributed by atoms with Gasteiger partial charge in [-0.05, 0) is 36.2 Å². The minimum absolute atomic E-state index is 0.0433. The first-order valence-corrected chi connectivity index (χ1v) is 9.78. The summed E-state index contributed by atoms with van der Waals surface area (Å²) < 4.78 is 15.6. The van der Waals surface area contributed by atoms with Crippen molar-refractivity contribution in [3.63, 3.8) is 0 Å². The van der Waals surface area contributed by atoms with Crippen LogP contribution in [0.1, 0.15) is 26.4 Å². The number of aromatic nitrogens is 2. The number of rotatable bonds is 3. The fraction of sp³-hybridized carbons (Fsp3) is 0.0833. The van der Waals surface area contributed by atoms with Gasteiger partial charge in [0.1, 0.15) is 5.82 Å². The topological polar surface area (TPSA) is 93.1 Å². The molecule has 0 saturated heterocycles. The molecule has 0 bridgehead atoms. The molecule has 0 aliphatic rings. The zero-order chi connectivity index (χ0) is 22.8. The summed E-state index contributed by atoms with van der Waals surface area (Å²) in [5, 5.41) is 4.65. The Labute approximate surface area is 182 Å². The van der Waals surface area contributed by atoms with E-state index in [0.29, 0.717) is 16.3 Å². The Balaban J connectivity index is 1.52. The number of hydrogen-bond donors (Lipinski definition) is 2. The van der Waals surface area contributed by atoms with Gasteiger partial charge in [0, 0.05) is 12.4 Å². The maximum absolute atomic E-state index is 14.6. The number of nitrogens with zero attached hydrogens (tertiary/aromatic N) is 2. The van der Waals surface area contributed by atoms with E-state index in [-0.39, 0.29) is 16.8 Å². The number of aryl methyl sites for hydroxylation is 2. The average molecular weight is 430 g/mol. The van der Waals surface area contributed by atoms with Crippen LogP contribution in [0.3, 0.4) is 0 Å². The van der Waals surface area contributed by atoms with Crippen LogP contribution < -0.4 is 16.4 Å². The summed E-state index contributed by atoms with van der Waals surface area (Å²) in [4.78, 5) is 37.2. The first-order chi connectivity index (χ1) is 15.3. The summed E-state index contributed by atoms with van der Waals surface area (Å²) in [7, 11) is 1.43. The third kappa shape index (κ3) is 3.98. The van der Waals surface area contributed by atoms with E-state index >= 15 is 0 Å². The van der Waals surface area contributed by atoms with E-state index in [2.05, 4.69) is 16.0 Å². The maximum atomic E-state index is 14.6. The van der Waals surface area contributed by atoms with Gasteiger partial charge in [-0.1, -0.05) is 54.1 Å². The minimum Gasteiger partial charge on any atom is -0.267 e. The van der Waals surface area contributed by atoms with Crippen molar-refractivity contribution in [3.05, 3.63) is 99.7 Å². The number of hydrogen-bond acceptors (Lipinski definition) is 4. The lowest BCUT2D eigenvalue weighted by Gasteiger charge is -2.11. The van der Waals surface area contributed by atoms with Gasteiger partial charge >= 0.3 is 0 Å². The highest BCUT2D eigenvalue weighted by Gasteiger charge is 2.18. The van der Waals surface area contributed by atoms with Crippen LogP contribution in [-0.4, -0.2) is 21.6 Å². The Morgan fingerprint density at radius 3 is 2.19 bits per heavy atom. The lowest BCUT2D eigenvalue weighted by molar-refractivity contribution is 0.0841. The average Bonchev–Trinajstić information content (AvgIpc) is 2.80. The second-order valence-electron chi connectivity index (χ2n) is 7.29. The summed E-state index contributed by atoms with van der Waals surface area (Å²) in [6.07, 6.45) is 0. The predicted molar refractivity (Wildman–Crippen MR) is 118 cm³/mol. The lowest BCUT2D eigenvalue weighted by atomic mass is 10.0. The molecule has 0 spiro atoms. The zero-order valence-electron chi connectivity index (χ0n) is 17.3. The van der Waals surface area contributed by atoms with Gasteiger partial charge in [0.05, 0.1) is 10.9 Å². The van der Waals surface area contributed by atoms with Crippen LogP contribution in [0.4, 0.5) is 4.39 Å². The quantitative estimate of drug-likeness (QED) is 0.489. The number of nitrogens with one attached hydrogen (secondary N) is 2. The van der Waals surface area contributed by atoms with Gasteiger partial charge in [-0.25, -0.2) is 9.07 Å². The van der Waals surface area contributed by atoms with Crippen molar-refractivity contribution in [2.75, 3.05) is 0 Å². The molecule has 4 rings (SSSR count). The molecule has 0 unspecified atom stereocenters. The minimum atomic E-state index is -0.819. The Hall–Kier alpha value is -4.33. The molecule has 7 nitrogen and oxygen atoms in total. The number of benzene rings is 3. The van der Waals surface area contributed by atoms with E-state index in [1.165, 1.54) is 19.2 Å². The van der Waals surface area contributed by atoms with Crippen molar-refractivity contribution in [3.8, 4) is 11.1 Å². The Morgan fingerprint density at radius 1 is 0.875 bits per heavy atom. The van der Waals surface area contributed by atoms with Crippen LogP contribution in [0, 0.1) is 12.7 Å². The van der Waals surface area contributed by atoms with E-state index in [0.717, 1.165) is 15.8 Å². The summed E-state index contributed by atoms with van der Waals surface area (Å²) in [6.45, 7) is 1.96. The van der Waals surface area contributed by atoms with Crippen molar-refractivity contribution in [1.82, 2.24) is 20.6 Å². The standard InChI is InChI=1S/C24H19FN4O3/c1-14-7-9-15(10-8-14)16-11-12-19(20(25)13-16)22(30)26-27-23(31)21-17-5-3-4-6-18(17)24(32)29(2)28-21/h3-13H,1-2H3,(H,26,30)(H,27,31). The molecule has 0 aliphatic heterocycles. The van der Waals surface area contributed by atoms with Crippen molar-refractivity contribution in [2.45, 2.75) is 6.92 Å². The number of fused-ring (bicyclic) bond motifs is 1. The van der Waals surface area contributed by atoms with Crippen molar-refractivity contribution in [2.24, 2.45) is 7.05 Å². The van der Waals surface area contributed by atoms with Gasteiger partial charge in [0.15, 0.2) is 5.69 Å². The van der Waals surface area contributed by atoms with Crippen molar-refractivity contribution in [1.29, 1.82) is 0 Å². The molecular weight excluding hydrogens is 411 g/mol. The fourth-order valence-electron chi connectivity index (χ4n) is 3.33. The SMILES string of the molecule is Cc1ccc(-c2ccc(C(=O)NNC(=O)c3nn(C)c(=O)c4ccccc34)c(F)c2)cc1. The second kappa shape index (κ2) is 8.43. The summed E-state index contributed by atoms with van der Waals surface area (Å²) in [5.41, 5.74) is 6.35. The first kappa shape index (κ1) is 20.9. The maximum Gasteiger partial charge on any atom is 0.290 e. The number of carbonyl (C=O) groups is 2. The molecule has 0 saturated carbocycles. The summed E-state index contributed by atoms with van der Waals surface area (Å²) in [6, 6.07) is 18.3. The molecule has 0 fully saturated rings. The molecule has 2 amide bonds. The smallest absolute Gasteiger partial charge is 0.267 e. The molecular formula is C24H19FN4O3. The third-order valence-corrected chi connectivity index (χ3v) is 5.06. The number of hydrazine groups is 1. The van der Waals surface area contributed by atoms with E-state index in [1.807, 2.05) is 31.2 Å². The molecule has 2 N–H and O–H groups in total. The van der Waals surface area contributed by atoms with Crippen LogP contribution in [0.2, 0.25) is 0 Å². The Bertz CT molecular complexity index is 1410. The zero-order valence-corrected chi connectivity index (χ0v) is 17.3. The van der Waals surface area contributed by atoms with Gasteiger partial charge in [-0.2, -0.15) is 5.10 Å². The third-order valence-electron chi connectivity index (χ3n) is 5.06. The lowest BCUT2D eigenvalue weighted by Crippen LogP contribution is -2.43. The van der Waals surface area contributed by atoms with Crippen LogP contribution in [0.5, 0.6) is 0 Å². The van der Waals surface area contributed by atoms with Crippen LogP contribution in [0.15, 0.2) is 71.5 Å². The van der Waals surface area contributed by atoms with E-state index in [4.69, 9.17) is 0 Å². The van der Waals surface area contributed by atoms with Gasteiger partial charge in [0.2, 0.25) is 0 Å². The summed E-state index contributed by atoms with van der Waals surface area (Å²) in [5.74, 6) is -2.28. The fourth-order valence-corrected chi connectivity index (χ4v) is 3.33. The largest absolute Gasteiger partial charge is 0.290 e. The van der Waals surface area contributed by atoms with Crippen LogP contribution in [0.25, 0.3) is 21.9 Å². The number of amides is 2. The van der Waals surface area contributed by atoms with Crippen molar-refractivity contribution < 1.29 is 14.0 Å². The Kier molecular flexibility index (Phi) is 5.51. The number of carbonyl (C=O) groups excluding carboxylic acids is 2. The van der Waals surface area contributed by atoms with E-state index in [9.17, 15) is 18.8 Å². The van der Waals surface area contributed by atoms with Gasteiger partial charge < -0.3 is 0 Å². The first-order valence-electron chi connectivity index (χ1n) is 9.78. The molecule has 0 radical (unpaired) electrons. The number of halogens is 1. The van der Waals surface area contributed by atoms with Gasteiger partial charge in [0.25, 0.3) is 17.4 Å². The molecule has 1 heterocycles. The highest BCUT2D eigenvalue weighted by molar-refractivity contribution is 6.06. The van der Waals surface area contributed by atoms with Crippen LogP contribution >= 0.6 is 0 Å². The second-order valence-corrected chi connectivity index (χ2v) is 7.29. The summed E-state index contributed by atoms with van der Waals surface area (Å²) >= 11 is 0. The molecule has 0 atom stereocenters. The molecule has 8 heteroatoms. The van der Waals surface area contributed by atoms with Gasteiger partial charge in [-0.3, -0.25) is 25.2 Å². The highest BCUT2D eigenvalue weighted by atomic mass is 19.1. The molecule has 1 aromatic heterocycles. The predicted octanol–water partition coefficient (Wildman–Crippen LogP) is 3.12. The van der Waals surface area contributed by atoms with E-state index < -0.39 is 17.6 Å². The van der Waals surface area contributed by atoms with E-state index in [1.54, 1.807) is 30.3 Å². The monoisotopic (exact) mass is 430 g/mol. The molecule has 0 aliphatic carbocycles. The van der Waals surface area contributed by atoms with Gasteiger partial charge in [-0.15, -0.1) is 0 Å². The molecule has 160 valence electrons. The Morgan fingerprint density at radius 2 is 1.50 bits per heavy atom. The van der Waals surface area contributed by atoms with Crippen LogP contribution in [-0.2, 0) is 7.05 Å². The normalized spacial score (nSPS) is 10.7. The molecule has 3 aromatic carbocycles. The highest BCUT2D eigenvalue weighted by Crippen LogP contribution is 2.22. The molecule has 32 heavy (non-hydrogen) atoms. The van der Waals surface area contributed by atoms with Crippen molar-refractivity contribution >= 4 is 22.6 Å². The molecule has 4 aromatic rings.